The number of hydrogen-bond acceptors (Lipinski definition) is 3. The number of aromatic nitrogens is 1. The quantitative estimate of drug-likeness (QED) is 0.696. The monoisotopic (exact) mass is 353 g/mol. The second-order valence-corrected chi connectivity index (χ2v) is 6.01. The third-order valence-corrected chi connectivity index (χ3v) is 3.70. The zero-order valence-electron chi connectivity index (χ0n) is 14.3. The molecule has 6 heteroatoms. The summed E-state index contributed by atoms with van der Waals surface area (Å²) in [6.45, 7) is 3.99. The first-order chi connectivity index (χ1) is 12.4. The number of rotatable bonds is 4. The third kappa shape index (κ3) is 4.22. The molecule has 1 aromatic heterocycles. The molecule has 0 spiro atoms. The molecular weight excluding hydrogens is 336 g/mol. The molecule has 0 bridgehead atoms. The second-order valence-electron chi connectivity index (χ2n) is 6.01. The van der Waals surface area contributed by atoms with Crippen LogP contribution in [-0.4, -0.2) is 10.9 Å². The van der Waals surface area contributed by atoms with Gasteiger partial charge >= 0.3 is 0 Å². The number of carbonyl (C=O) groups is 1. The highest BCUT2D eigenvalue weighted by molar-refractivity contribution is 6.04. The zero-order chi connectivity index (χ0) is 18.7. The SMILES string of the molecule is Cc1cc(C)cc(Nc2cc(C(=O)Nc3ccc(F)cc3F)ccn2)c1. The van der Waals surface area contributed by atoms with Crippen LogP contribution < -0.4 is 10.6 Å². The van der Waals surface area contributed by atoms with Crippen LogP contribution >= 0.6 is 0 Å². The van der Waals surface area contributed by atoms with Gasteiger partial charge in [-0.25, -0.2) is 13.8 Å². The highest BCUT2D eigenvalue weighted by Gasteiger charge is 2.11. The van der Waals surface area contributed by atoms with Crippen LogP contribution in [0.4, 0.5) is 26.0 Å². The van der Waals surface area contributed by atoms with Crippen molar-refractivity contribution in [1.29, 1.82) is 0 Å². The lowest BCUT2D eigenvalue weighted by atomic mass is 10.1. The number of hydrogen-bond donors (Lipinski definition) is 2. The summed E-state index contributed by atoms with van der Waals surface area (Å²) in [6.07, 6.45) is 1.49. The minimum atomic E-state index is -0.832. The Morgan fingerprint density at radius 1 is 0.962 bits per heavy atom. The van der Waals surface area contributed by atoms with Crippen molar-refractivity contribution < 1.29 is 13.6 Å². The van der Waals surface area contributed by atoms with Gasteiger partial charge in [-0.15, -0.1) is 0 Å². The van der Waals surface area contributed by atoms with Crippen LogP contribution in [0.2, 0.25) is 0 Å². The van der Waals surface area contributed by atoms with Crippen LogP contribution in [-0.2, 0) is 0 Å². The molecule has 2 aromatic carbocycles. The Morgan fingerprint density at radius 3 is 2.38 bits per heavy atom. The molecule has 3 rings (SSSR count). The summed E-state index contributed by atoms with van der Waals surface area (Å²) in [5.74, 6) is -1.56. The van der Waals surface area contributed by atoms with E-state index in [9.17, 15) is 13.6 Å². The molecule has 132 valence electrons. The van der Waals surface area contributed by atoms with Crippen LogP contribution in [0.5, 0.6) is 0 Å². The molecular formula is C20H17F2N3O. The molecule has 0 saturated heterocycles. The minimum absolute atomic E-state index is 0.0861. The predicted octanol–water partition coefficient (Wildman–Crippen LogP) is 4.97. The van der Waals surface area contributed by atoms with Crippen LogP contribution in [0, 0.1) is 25.5 Å². The summed E-state index contributed by atoms with van der Waals surface area (Å²) in [7, 11) is 0. The third-order valence-electron chi connectivity index (χ3n) is 3.70. The number of nitrogens with zero attached hydrogens (tertiary/aromatic N) is 1. The molecule has 0 aliphatic carbocycles. The average Bonchev–Trinajstić information content (AvgIpc) is 2.56. The maximum Gasteiger partial charge on any atom is 0.255 e. The number of anilines is 3. The minimum Gasteiger partial charge on any atom is -0.340 e. The van der Waals surface area contributed by atoms with Gasteiger partial charge in [0.1, 0.15) is 17.5 Å². The molecule has 1 amide bonds. The van der Waals surface area contributed by atoms with Crippen molar-refractivity contribution in [2.24, 2.45) is 0 Å². The summed E-state index contributed by atoms with van der Waals surface area (Å²) >= 11 is 0. The van der Waals surface area contributed by atoms with Crippen molar-refractivity contribution >= 4 is 23.1 Å². The van der Waals surface area contributed by atoms with Gasteiger partial charge in [0, 0.05) is 23.5 Å². The van der Waals surface area contributed by atoms with E-state index in [0.717, 1.165) is 28.9 Å². The molecule has 3 aromatic rings. The van der Waals surface area contributed by atoms with Gasteiger partial charge in [0.25, 0.3) is 5.91 Å². The number of carbonyl (C=O) groups excluding carboxylic acids is 1. The fourth-order valence-corrected chi connectivity index (χ4v) is 2.62. The van der Waals surface area contributed by atoms with Crippen molar-refractivity contribution in [1.82, 2.24) is 4.98 Å². The first-order valence-electron chi connectivity index (χ1n) is 7.98. The number of aryl methyl sites for hydroxylation is 2. The van der Waals surface area contributed by atoms with Crippen LogP contribution in [0.25, 0.3) is 0 Å². The molecule has 0 radical (unpaired) electrons. The fraction of sp³-hybridized carbons (Fsp3) is 0.100. The van der Waals surface area contributed by atoms with Crippen molar-refractivity contribution in [3.05, 3.63) is 83.1 Å². The summed E-state index contributed by atoms with van der Waals surface area (Å²) in [5, 5.41) is 5.58. The maximum absolute atomic E-state index is 13.7. The Kier molecular flexibility index (Phi) is 4.93. The summed E-state index contributed by atoms with van der Waals surface area (Å²) in [5.41, 5.74) is 3.28. The highest BCUT2D eigenvalue weighted by atomic mass is 19.1. The molecule has 26 heavy (non-hydrogen) atoms. The summed E-state index contributed by atoms with van der Waals surface area (Å²) in [4.78, 5) is 16.5. The number of benzene rings is 2. The molecule has 0 atom stereocenters. The van der Waals surface area contributed by atoms with Crippen LogP contribution in [0.1, 0.15) is 21.5 Å². The predicted molar refractivity (Wildman–Crippen MR) is 97.7 cm³/mol. The Labute approximate surface area is 149 Å². The number of nitrogens with one attached hydrogen (secondary N) is 2. The standard InChI is InChI=1S/C20H17F2N3O/c1-12-7-13(2)9-16(8-12)24-19-10-14(5-6-23-19)20(26)25-18-4-3-15(21)11-17(18)22/h3-11H,1-2H3,(H,23,24)(H,25,26). The second kappa shape index (κ2) is 7.31. The molecule has 0 unspecified atom stereocenters. The van der Waals surface area contributed by atoms with Crippen molar-refractivity contribution in [2.75, 3.05) is 10.6 Å². The molecule has 1 heterocycles. The lowest BCUT2D eigenvalue weighted by molar-refractivity contribution is 0.102. The Hall–Kier alpha value is -3.28. The Morgan fingerprint density at radius 2 is 1.69 bits per heavy atom. The van der Waals surface area contributed by atoms with Gasteiger partial charge in [0.05, 0.1) is 5.69 Å². The zero-order valence-corrected chi connectivity index (χ0v) is 14.3. The van der Waals surface area contributed by atoms with E-state index < -0.39 is 17.5 Å². The van der Waals surface area contributed by atoms with E-state index in [-0.39, 0.29) is 5.69 Å². The highest BCUT2D eigenvalue weighted by Crippen LogP contribution is 2.20. The number of amides is 1. The Balaban J connectivity index is 1.78. The van der Waals surface area contributed by atoms with E-state index in [2.05, 4.69) is 21.7 Å². The maximum atomic E-state index is 13.7. The molecule has 2 N–H and O–H groups in total. The molecule has 0 saturated carbocycles. The largest absolute Gasteiger partial charge is 0.340 e. The van der Waals surface area contributed by atoms with Gasteiger partial charge in [0.15, 0.2) is 0 Å². The van der Waals surface area contributed by atoms with Gasteiger partial charge in [0.2, 0.25) is 0 Å². The summed E-state index contributed by atoms with van der Waals surface area (Å²) in [6, 6.07) is 12.0. The normalized spacial score (nSPS) is 10.5. The van der Waals surface area contributed by atoms with E-state index in [1.165, 1.54) is 18.3 Å². The van der Waals surface area contributed by atoms with E-state index >= 15 is 0 Å². The number of pyridine rings is 1. The van der Waals surface area contributed by atoms with Crippen molar-refractivity contribution in [3.8, 4) is 0 Å². The van der Waals surface area contributed by atoms with E-state index in [1.54, 1.807) is 6.07 Å². The fourth-order valence-electron chi connectivity index (χ4n) is 2.62. The molecule has 0 aliphatic rings. The van der Waals surface area contributed by atoms with E-state index in [4.69, 9.17) is 0 Å². The Bertz CT molecular complexity index is 953. The topological polar surface area (TPSA) is 54.0 Å². The lowest BCUT2D eigenvalue weighted by Crippen LogP contribution is -2.13. The van der Waals surface area contributed by atoms with Crippen LogP contribution in [0.15, 0.2) is 54.7 Å². The first-order valence-corrected chi connectivity index (χ1v) is 7.98. The van der Waals surface area contributed by atoms with E-state index in [1.807, 2.05) is 26.0 Å². The van der Waals surface area contributed by atoms with Gasteiger partial charge in [-0.1, -0.05) is 6.07 Å². The summed E-state index contributed by atoms with van der Waals surface area (Å²) < 4.78 is 26.6. The first kappa shape index (κ1) is 17.5. The lowest BCUT2D eigenvalue weighted by Gasteiger charge is -2.10. The molecule has 4 nitrogen and oxygen atoms in total. The van der Waals surface area contributed by atoms with Crippen molar-refractivity contribution in [3.63, 3.8) is 0 Å². The van der Waals surface area contributed by atoms with Gasteiger partial charge < -0.3 is 10.6 Å². The van der Waals surface area contributed by atoms with E-state index in [0.29, 0.717) is 11.4 Å². The van der Waals surface area contributed by atoms with Crippen molar-refractivity contribution in [2.45, 2.75) is 13.8 Å². The number of halogens is 2. The molecule has 0 aliphatic heterocycles. The van der Waals surface area contributed by atoms with Gasteiger partial charge in [-0.05, 0) is 61.4 Å². The average molecular weight is 353 g/mol. The molecule has 0 fully saturated rings. The van der Waals surface area contributed by atoms with Gasteiger partial charge in [-0.2, -0.15) is 0 Å². The van der Waals surface area contributed by atoms with Gasteiger partial charge in [-0.3, -0.25) is 4.79 Å². The van der Waals surface area contributed by atoms with Crippen LogP contribution in [0.3, 0.4) is 0 Å². The smallest absolute Gasteiger partial charge is 0.255 e.